The van der Waals surface area contributed by atoms with Gasteiger partial charge >= 0.3 is 12.0 Å². The van der Waals surface area contributed by atoms with Gasteiger partial charge in [0, 0.05) is 32.1 Å². The molecule has 0 saturated carbocycles. The van der Waals surface area contributed by atoms with Gasteiger partial charge in [-0.3, -0.25) is 4.79 Å². The Morgan fingerprint density at radius 3 is 2.74 bits per heavy atom. The molecule has 110 valence electrons. The van der Waals surface area contributed by atoms with Gasteiger partial charge < -0.3 is 20.2 Å². The second-order valence-corrected chi connectivity index (χ2v) is 5.55. The number of hydrogen-bond acceptors (Lipinski definition) is 3. The largest absolute Gasteiger partial charge is 0.481 e. The van der Waals surface area contributed by atoms with Crippen molar-refractivity contribution in [2.24, 2.45) is 5.92 Å². The van der Waals surface area contributed by atoms with Gasteiger partial charge in [-0.1, -0.05) is 6.92 Å². The fourth-order valence-electron chi connectivity index (χ4n) is 2.41. The number of nitrogens with one attached hydrogen (secondary N) is 1. The van der Waals surface area contributed by atoms with Crippen LogP contribution in [0.5, 0.6) is 0 Å². The number of hydrogen-bond donors (Lipinski definition) is 2. The molecule has 2 N–H and O–H groups in total. The molecule has 1 aliphatic rings. The quantitative estimate of drug-likeness (QED) is 0.794. The van der Waals surface area contributed by atoms with E-state index >= 15 is 0 Å². The van der Waals surface area contributed by atoms with Crippen LogP contribution in [0.4, 0.5) is 4.79 Å². The van der Waals surface area contributed by atoms with Gasteiger partial charge in [-0.2, -0.15) is 0 Å². The Bertz CT molecular complexity index is 322. The van der Waals surface area contributed by atoms with E-state index in [0.717, 1.165) is 26.1 Å². The van der Waals surface area contributed by atoms with E-state index in [1.807, 2.05) is 18.7 Å². The van der Waals surface area contributed by atoms with Crippen molar-refractivity contribution < 1.29 is 14.7 Å². The van der Waals surface area contributed by atoms with Crippen LogP contribution < -0.4 is 5.32 Å². The number of nitrogens with zero attached hydrogens (tertiary/aromatic N) is 2. The van der Waals surface area contributed by atoms with E-state index in [1.54, 1.807) is 0 Å². The van der Waals surface area contributed by atoms with Crippen LogP contribution in [0.25, 0.3) is 0 Å². The van der Waals surface area contributed by atoms with Gasteiger partial charge in [-0.25, -0.2) is 4.79 Å². The van der Waals surface area contributed by atoms with Crippen molar-refractivity contribution in [3.05, 3.63) is 0 Å². The smallest absolute Gasteiger partial charge is 0.317 e. The highest BCUT2D eigenvalue weighted by Gasteiger charge is 2.24. The lowest BCUT2D eigenvalue weighted by Crippen LogP contribution is -2.48. The molecular weight excluding hydrogens is 246 g/mol. The maximum atomic E-state index is 12.1. The van der Waals surface area contributed by atoms with E-state index in [2.05, 4.69) is 17.3 Å². The standard InChI is InChI=1S/C13H25N3O3/c1-10(7-12(17)18)8-14-13(19)16-6-4-5-15(3)9-11(16)2/h10-11H,4-9H2,1-3H3,(H,14,19)(H,17,18). The Morgan fingerprint density at radius 2 is 2.11 bits per heavy atom. The second-order valence-electron chi connectivity index (χ2n) is 5.55. The van der Waals surface area contributed by atoms with Crippen molar-refractivity contribution in [2.75, 3.05) is 33.2 Å². The fourth-order valence-corrected chi connectivity index (χ4v) is 2.41. The van der Waals surface area contributed by atoms with Gasteiger partial charge in [0.1, 0.15) is 0 Å². The maximum absolute atomic E-state index is 12.1. The van der Waals surface area contributed by atoms with E-state index in [1.165, 1.54) is 0 Å². The zero-order valence-electron chi connectivity index (χ0n) is 12.1. The first-order chi connectivity index (χ1) is 8.90. The number of urea groups is 1. The van der Waals surface area contributed by atoms with Crippen LogP contribution in [0.3, 0.4) is 0 Å². The summed E-state index contributed by atoms with van der Waals surface area (Å²) >= 11 is 0. The lowest BCUT2D eigenvalue weighted by molar-refractivity contribution is -0.137. The first-order valence-corrected chi connectivity index (χ1v) is 6.85. The van der Waals surface area contributed by atoms with Crippen molar-refractivity contribution in [1.82, 2.24) is 15.1 Å². The van der Waals surface area contributed by atoms with Crippen molar-refractivity contribution in [3.63, 3.8) is 0 Å². The first-order valence-electron chi connectivity index (χ1n) is 6.85. The van der Waals surface area contributed by atoms with E-state index in [0.29, 0.717) is 6.54 Å². The summed E-state index contributed by atoms with van der Waals surface area (Å²) < 4.78 is 0. The molecule has 0 aromatic carbocycles. The molecule has 1 aliphatic heterocycles. The monoisotopic (exact) mass is 271 g/mol. The Balaban J connectivity index is 2.41. The summed E-state index contributed by atoms with van der Waals surface area (Å²) in [7, 11) is 2.06. The average Bonchev–Trinajstić information content (AvgIpc) is 2.46. The Labute approximate surface area is 114 Å². The van der Waals surface area contributed by atoms with Crippen LogP contribution in [0, 0.1) is 5.92 Å². The van der Waals surface area contributed by atoms with E-state index in [4.69, 9.17) is 5.11 Å². The summed E-state index contributed by atoms with van der Waals surface area (Å²) in [6.07, 6.45) is 1.05. The summed E-state index contributed by atoms with van der Waals surface area (Å²) in [4.78, 5) is 26.7. The van der Waals surface area contributed by atoms with Crippen LogP contribution in [0.2, 0.25) is 0 Å². The maximum Gasteiger partial charge on any atom is 0.317 e. The summed E-state index contributed by atoms with van der Waals surface area (Å²) in [6.45, 7) is 6.91. The Morgan fingerprint density at radius 1 is 1.42 bits per heavy atom. The molecule has 2 amide bonds. The summed E-state index contributed by atoms with van der Waals surface area (Å²) in [5, 5.41) is 11.5. The molecule has 2 atom stereocenters. The minimum atomic E-state index is -0.827. The van der Waals surface area contributed by atoms with Crippen LogP contribution in [0.1, 0.15) is 26.7 Å². The van der Waals surface area contributed by atoms with Crippen LogP contribution in [0.15, 0.2) is 0 Å². The van der Waals surface area contributed by atoms with Gasteiger partial charge in [0.05, 0.1) is 0 Å². The summed E-state index contributed by atoms with van der Waals surface area (Å²) in [5.74, 6) is -0.877. The van der Waals surface area contributed by atoms with Gasteiger partial charge in [0.2, 0.25) is 0 Å². The van der Waals surface area contributed by atoms with Gasteiger partial charge in [0.15, 0.2) is 0 Å². The number of likely N-dealkylation sites (N-methyl/N-ethyl adjacent to an activating group) is 1. The molecule has 1 saturated heterocycles. The zero-order chi connectivity index (χ0) is 14.4. The third kappa shape index (κ3) is 5.46. The molecule has 0 spiro atoms. The highest BCUT2D eigenvalue weighted by atomic mass is 16.4. The van der Waals surface area contributed by atoms with Gasteiger partial charge in [-0.05, 0) is 32.9 Å². The van der Waals surface area contributed by atoms with Crippen LogP contribution >= 0.6 is 0 Å². The van der Waals surface area contributed by atoms with Crippen molar-refractivity contribution in [1.29, 1.82) is 0 Å². The lowest BCUT2D eigenvalue weighted by atomic mass is 10.1. The van der Waals surface area contributed by atoms with Gasteiger partial charge in [0.25, 0.3) is 0 Å². The van der Waals surface area contributed by atoms with E-state index < -0.39 is 5.97 Å². The number of aliphatic carboxylic acids is 1. The summed E-state index contributed by atoms with van der Waals surface area (Å²) in [5.41, 5.74) is 0. The molecule has 6 heteroatoms. The Hall–Kier alpha value is -1.30. The van der Waals surface area contributed by atoms with E-state index in [-0.39, 0.29) is 24.4 Å². The highest BCUT2D eigenvalue weighted by molar-refractivity contribution is 5.74. The first kappa shape index (κ1) is 15.8. The minimum absolute atomic E-state index is 0.0496. The number of amides is 2. The topological polar surface area (TPSA) is 72.9 Å². The number of carboxylic acids is 1. The number of carbonyl (C=O) groups excluding carboxylic acids is 1. The number of carbonyl (C=O) groups is 2. The SMILES string of the molecule is CC(CNC(=O)N1CCCN(C)CC1C)CC(=O)O. The van der Waals surface area contributed by atoms with Crippen molar-refractivity contribution >= 4 is 12.0 Å². The van der Waals surface area contributed by atoms with Gasteiger partial charge in [-0.15, -0.1) is 0 Å². The number of carboxylic acid groups (broad SMARTS) is 1. The Kier molecular flexibility index (Phi) is 6.08. The molecule has 1 rings (SSSR count). The van der Waals surface area contributed by atoms with E-state index in [9.17, 15) is 9.59 Å². The molecule has 0 bridgehead atoms. The summed E-state index contributed by atoms with van der Waals surface area (Å²) in [6, 6.07) is 0.0994. The predicted octanol–water partition coefficient (Wildman–Crippen LogP) is 0.833. The van der Waals surface area contributed by atoms with Crippen molar-refractivity contribution in [2.45, 2.75) is 32.7 Å². The zero-order valence-corrected chi connectivity index (χ0v) is 12.1. The van der Waals surface area contributed by atoms with Crippen LogP contribution in [-0.4, -0.2) is 66.2 Å². The molecule has 19 heavy (non-hydrogen) atoms. The average molecular weight is 271 g/mol. The third-order valence-electron chi connectivity index (χ3n) is 3.43. The van der Waals surface area contributed by atoms with Crippen molar-refractivity contribution in [3.8, 4) is 0 Å². The molecular formula is C13H25N3O3. The normalized spacial score (nSPS) is 22.7. The molecule has 0 aliphatic carbocycles. The molecule has 0 aromatic heterocycles. The molecule has 0 radical (unpaired) electrons. The lowest BCUT2D eigenvalue weighted by Gasteiger charge is -2.28. The minimum Gasteiger partial charge on any atom is -0.481 e. The molecule has 0 aromatic rings. The predicted molar refractivity (Wildman–Crippen MR) is 73.1 cm³/mol. The molecule has 6 nitrogen and oxygen atoms in total. The molecule has 2 unspecified atom stereocenters. The number of rotatable bonds is 4. The fraction of sp³-hybridized carbons (Fsp3) is 0.846. The molecule has 1 heterocycles. The second kappa shape index (κ2) is 7.33. The third-order valence-corrected chi connectivity index (χ3v) is 3.43. The van der Waals surface area contributed by atoms with Crippen LogP contribution in [-0.2, 0) is 4.79 Å². The molecule has 1 fully saturated rings. The highest BCUT2D eigenvalue weighted by Crippen LogP contribution is 2.09.